The molecule has 0 aromatic rings. The molecule has 2 rings (SSSR count). The van der Waals surface area contributed by atoms with Crippen LogP contribution in [0.3, 0.4) is 0 Å². The van der Waals surface area contributed by atoms with Crippen molar-refractivity contribution < 1.29 is 29.2 Å². The van der Waals surface area contributed by atoms with Crippen molar-refractivity contribution in [2.75, 3.05) is 6.54 Å². The second-order valence-corrected chi connectivity index (χ2v) is 6.45. The molecule has 2 fully saturated rings. The van der Waals surface area contributed by atoms with Gasteiger partial charge in [0.2, 0.25) is 0 Å². The molecule has 0 spiro atoms. The monoisotopic (exact) mass is 428 g/mol. The fourth-order valence-electron chi connectivity index (χ4n) is 3.31. The van der Waals surface area contributed by atoms with Crippen LogP contribution in [-0.4, -0.2) is 83.0 Å². The second kappa shape index (κ2) is 10.7. The van der Waals surface area contributed by atoms with E-state index in [1.54, 1.807) is 0 Å². The van der Waals surface area contributed by atoms with Gasteiger partial charge in [0.25, 0.3) is 0 Å². The minimum absolute atomic E-state index is 0.209. The normalized spacial score (nSPS) is 40.7. The highest BCUT2D eigenvalue weighted by molar-refractivity contribution is 5.02. The molecule has 0 radical (unpaired) electrons. The van der Waals surface area contributed by atoms with Gasteiger partial charge in [-0.05, 0) is 28.5 Å². The molecule has 3 N–H and O–H groups in total. The third-order valence-electron chi connectivity index (χ3n) is 4.77. The quantitative estimate of drug-likeness (QED) is 0.306. The number of hydrogen-bond acceptors (Lipinski definition) is 9. The standard InChI is InChI=1S/C12H17FN12O5/c13-6-7(21-25-17)12(29-5(9(6)27)2-18-22-14)30-11-4(20-24-16)1-3(19-23-15)8(26)10(11)28/h3-12,26-28H,1-2H2/t3?,4?,5-,6+,7-,8?,9-,10?,11?,12-/m1/s1. The Morgan fingerprint density at radius 2 is 1.53 bits per heavy atom. The number of halogens is 1. The van der Waals surface area contributed by atoms with Crippen molar-refractivity contribution in [2.45, 2.75) is 67.5 Å². The van der Waals surface area contributed by atoms with E-state index in [4.69, 9.17) is 31.6 Å². The van der Waals surface area contributed by atoms with E-state index in [1.807, 2.05) is 0 Å². The second-order valence-electron chi connectivity index (χ2n) is 6.45. The summed E-state index contributed by atoms with van der Waals surface area (Å²) in [7, 11) is 0. The molecule has 18 heteroatoms. The summed E-state index contributed by atoms with van der Waals surface area (Å²) in [6, 6.07) is -4.01. The number of alkyl halides is 1. The molecular weight excluding hydrogens is 411 g/mol. The summed E-state index contributed by atoms with van der Waals surface area (Å²) in [5, 5.41) is 43.7. The van der Waals surface area contributed by atoms with Crippen LogP contribution in [0, 0.1) is 0 Å². The van der Waals surface area contributed by atoms with Gasteiger partial charge in [-0.25, -0.2) is 4.39 Å². The van der Waals surface area contributed by atoms with Crippen molar-refractivity contribution in [2.24, 2.45) is 20.5 Å². The lowest BCUT2D eigenvalue weighted by molar-refractivity contribution is -0.280. The van der Waals surface area contributed by atoms with Gasteiger partial charge in [-0.2, -0.15) is 0 Å². The molecule has 1 saturated carbocycles. The summed E-state index contributed by atoms with van der Waals surface area (Å²) in [4.78, 5) is 10.1. The molecule has 162 valence electrons. The van der Waals surface area contributed by atoms with Gasteiger partial charge in [0.1, 0.15) is 24.4 Å². The summed E-state index contributed by atoms with van der Waals surface area (Å²) in [6.07, 6.45) is -12.1. The molecule has 0 aromatic heterocycles. The molecule has 0 amide bonds. The van der Waals surface area contributed by atoms with Crippen LogP contribution < -0.4 is 0 Å². The fraction of sp³-hybridized carbons (Fsp3) is 1.00. The first-order chi connectivity index (χ1) is 14.4. The number of aliphatic hydroxyl groups excluding tert-OH is 3. The van der Waals surface area contributed by atoms with Crippen LogP contribution in [0.25, 0.3) is 41.8 Å². The van der Waals surface area contributed by atoms with Gasteiger partial charge >= 0.3 is 0 Å². The van der Waals surface area contributed by atoms with Gasteiger partial charge in [-0.3, -0.25) is 0 Å². The molecule has 5 unspecified atom stereocenters. The zero-order valence-corrected chi connectivity index (χ0v) is 15.1. The highest BCUT2D eigenvalue weighted by Gasteiger charge is 2.50. The van der Waals surface area contributed by atoms with Crippen LogP contribution >= 0.6 is 0 Å². The van der Waals surface area contributed by atoms with E-state index >= 15 is 0 Å². The van der Waals surface area contributed by atoms with Gasteiger partial charge < -0.3 is 24.8 Å². The maximum Gasteiger partial charge on any atom is 0.170 e. The van der Waals surface area contributed by atoms with Gasteiger partial charge in [0, 0.05) is 19.6 Å². The predicted molar refractivity (Wildman–Crippen MR) is 93.9 cm³/mol. The third kappa shape index (κ3) is 4.93. The molecule has 0 aromatic carbocycles. The number of hydrogen-bond donors (Lipinski definition) is 3. The molecular formula is C12H17FN12O5. The van der Waals surface area contributed by atoms with Crippen LogP contribution in [0.15, 0.2) is 20.5 Å². The Morgan fingerprint density at radius 3 is 2.13 bits per heavy atom. The highest BCUT2D eigenvalue weighted by atomic mass is 19.1. The fourth-order valence-corrected chi connectivity index (χ4v) is 3.31. The Hall–Kier alpha value is -3.03. The van der Waals surface area contributed by atoms with Crippen molar-refractivity contribution in [3.63, 3.8) is 0 Å². The summed E-state index contributed by atoms with van der Waals surface area (Å²) in [5.74, 6) is 0. The van der Waals surface area contributed by atoms with Gasteiger partial charge in [-0.15, -0.1) is 0 Å². The molecule has 17 nitrogen and oxygen atoms in total. The number of azide groups is 4. The van der Waals surface area contributed by atoms with Gasteiger partial charge in [0.15, 0.2) is 6.29 Å². The van der Waals surface area contributed by atoms with E-state index in [0.717, 1.165) is 0 Å². The SMILES string of the molecule is [N-]=[N+]=NC[C@H]1O[C@H](OC2C(N=[N+]=[N-])CC(N=[N+]=[N-])C(O)C2O)[C@H](N=[N+]=[N-])[C@H](F)[C@@H]1O. The number of aliphatic hydroxyl groups is 3. The van der Waals surface area contributed by atoms with Crippen molar-refractivity contribution in [3.8, 4) is 0 Å². The summed E-state index contributed by atoms with van der Waals surface area (Å²) in [6.45, 7) is -0.477. The maximum absolute atomic E-state index is 14.6. The molecule has 1 aliphatic heterocycles. The van der Waals surface area contributed by atoms with E-state index in [0.29, 0.717) is 0 Å². The average molecular weight is 428 g/mol. The predicted octanol–water partition coefficient (Wildman–Crippen LogP) is 1.27. The zero-order valence-electron chi connectivity index (χ0n) is 15.1. The van der Waals surface area contributed by atoms with Crippen molar-refractivity contribution >= 4 is 0 Å². The first-order valence-electron chi connectivity index (χ1n) is 8.52. The van der Waals surface area contributed by atoms with Gasteiger partial charge in [0.05, 0.1) is 36.9 Å². The van der Waals surface area contributed by atoms with E-state index < -0.39 is 67.7 Å². The lowest BCUT2D eigenvalue weighted by Gasteiger charge is -2.44. The molecule has 10 atom stereocenters. The van der Waals surface area contributed by atoms with Gasteiger partial charge in [-0.1, -0.05) is 20.5 Å². The Morgan fingerprint density at radius 1 is 0.900 bits per heavy atom. The topological polar surface area (TPSA) is 274 Å². The third-order valence-corrected chi connectivity index (χ3v) is 4.77. The maximum atomic E-state index is 14.6. The smallest absolute Gasteiger partial charge is 0.170 e. The minimum atomic E-state index is -2.18. The van der Waals surface area contributed by atoms with Crippen molar-refractivity contribution in [3.05, 3.63) is 41.8 Å². The Kier molecular flexibility index (Phi) is 8.26. The largest absolute Gasteiger partial charge is 0.390 e. The van der Waals surface area contributed by atoms with E-state index in [2.05, 4.69) is 40.1 Å². The molecule has 0 bridgehead atoms. The number of rotatable bonds is 7. The zero-order chi connectivity index (χ0) is 22.3. The average Bonchev–Trinajstić information content (AvgIpc) is 2.73. The van der Waals surface area contributed by atoms with Crippen LogP contribution in [-0.2, 0) is 9.47 Å². The van der Waals surface area contributed by atoms with Crippen molar-refractivity contribution in [1.29, 1.82) is 0 Å². The van der Waals surface area contributed by atoms with Crippen LogP contribution in [0.5, 0.6) is 0 Å². The molecule has 30 heavy (non-hydrogen) atoms. The van der Waals surface area contributed by atoms with Crippen LogP contribution in [0.2, 0.25) is 0 Å². The van der Waals surface area contributed by atoms with Crippen LogP contribution in [0.1, 0.15) is 6.42 Å². The highest BCUT2D eigenvalue weighted by Crippen LogP contribution is 2.33. The Labute approximate surface area is 166 Å². The molecule has 1 heterocycles. The minimum Gasteiger partial charge on any atom is -0.390 e. The Bertz CT molecular complexity index is 805. The lowest BCUT2D eigenvalue weighted by Crippen LogP contribution is -2.61. The number of ether oxygens (including phenoxy) is 2. The van der Waals surface area contributed by atoms with E-state index in [1.165, 1.54) is 0 Å². The van der Waals surface area contributed by atoms with Crippen molar-refractivity contribution in [1.82, 2.24) is 0 Å². The molecule has 2 aliphatic rings. The summed E-state index contributed by atoms with van der Waals surface area (Å²) >= 11 is 0. The number of nitrogens with zero attached hydrogens (tertiary/aromatic N) is 12. The first kappa shape index (κ1) is 23.3. The van der Waals surface area contributed by atoms with E-state index in [9.17, 15) is 19.7 Å². The van der Waals surface area contributed by atoms with Crippen LogP contribution in [0.4, 0.5) is 4.39 Å². The molecule has 1 aliphatic carbocycles. The Balaban J connectivity index is 2.33. The summed E-state index contributed by atoms with van der Waals surface area (Å²) in [5.41, 5.74) is 34.5. The lowest BCUT2D eigenvalue weighted by atomic mass is 9.84. The summed E-state index contributed by atoms with van der Waals surface area (Å²) < 4.78 is 25.5. The van der Waals surface area contributed by atoms with E-state index in [-0.39, 0.29) is 6.42 Å². The molecule has 1 saturated heterocycles. The first-order valence-corrected chi connectivity index (χ1v) is 8.52.